The number of carbonyl (C=O) groups excluding carboxylic acids is 3. The smallest absolute Gasteiger partial charge is 0.203 e. The number of hydrogen-bond acceptors (Lipinski definition) is 7. The highest BCUT2D eigenvalue weighted by molar-refractivity contribution is 6.24. The average Bonchev–Trinajstić information content (AvgIpc) is 3.37. The standard InChI is InChI=1S/C39H50O7/c1-19(2)24-16-25(23-12-11-22(15-23)13-14-36(6,7)8)31(41)28-26(24)17-37(9)18-38(10)29(20(3)4)32(42)27(21(5)40)34(44)39(38,46)35(45)30(37)33(28)43/h11-12,16,19-20,29,41,43-44,46H,13-15,17-18H2,1-10H3/t29?,37-,38-,39+/m1/s1. The number of fused-ring (bicyclic) bond motifs is 3. The Morgan fingerprint density at radius 2 is 1.67 bits per heavy atom. The minimum atomic E-state index is -2.62. The average molecular weight is 631 g/mol. The van der Waals surface area contributed by atoms with E-state index in [1.807, 2.05) is 19.1 Å². The van der Waals surface area contributed by atoms with Crippen molar-refractivity contribution < 1.29 is 34.8 Å². The number of phenols is 1. The quantitative estimate of drug-likeness (QED) is 0.235. The van der Waals surface area contributed by atoms with Crippen molar-refractivity contribution in [3.63, 3.8) is 0 Å². The Balaban J connectivity index is 1.71. The van der Waals surface area contributed by atoms with Gasteiger partial charge in [0.15, 0.2) is 17.2 Å². The van der Waals surface area contributed by atoms with Crippen LogP contribution in [0.1, 0.15) is 123 Å². The molecule has 5 rings (SSSR count). The van der Waals surface area contributed by atoms with E-state index in [9.17, 15) is 34.8 Å². The van der Waals surface area contributed by atoms with Crippen molar-refractivity contribution in [2.24, 2.45) is 28.1 Å². The molecule has 0 saturated heterocycles. The Labute approximate surface area is 272 Å². The number of aromatic hydroxyl groups is 1. The molecular weight excluding hydrogens is 580 g/mol. The maximum absolute atomic E-state index is 14.7. The molecule has 4 N–H and O–H groups in total. The number of aliphatic hydroxyl groups is 3. The molecule has 4 aliphatic rings. The predicted octanol–water partition coefficient (Wildman–Crippen LogP) is 7.85. The second kappa shape index (κ2) is 10.8. The molecule has 248 valence electrons. The van der Waals surface area contributed by atoms with Crippen LogP contribution in [0, 0.1) is 28.1 Å². The van der Waals surface area contributed by atoms with Gasteiger partial charge in [0.2, 0.25) is 5.78 Å². The van der Waals surface area contributed by atoms with Gasteiger partial charge in [-0.3, -0.25) is 14.4 Å². The van der Waals surface area contributed by atoms with Crippen LogP contribution in [0.2, 0.25) is 0 Å². The van der Waals surface area contributed by atoms with Gasteiger partial charge < -0.3 is 20.4 Å². The van der Waals surface area contributed by atoms with Crippen LogP contribution in [0.4, 0.5) is 0 Å². The summed E-state index contributed by atoms with van der Waals surface area (Å²) in [6.07, 6.45) is 7.10. The van der Waals surface area contributed by atoms with Crippen LogP contribution in [-0.2, 0) is 20.8 Å². The zero-order valence-electron chi connectivity index (χ0n) is 29.0. The zero-order chi connectivity index (χ0) is 34.5. The second-order valence-electron chi connectivity index (χ2n) is 16.6. The Bertz CT molecular complexity index is 1690. The van der Waals surface area contributed by atoms with E-state index < -0.39 is 56.8 Å². The number of Topliss-reactive ketones (excluding diaryl/α,β-unsaturated/α-hetero) is 3. The number of ketones is 3. The van der Waals surface area contributed by atoms with Gasteiger partial charge in [-0.25, -0.2) is 0 Å². The predicted molar refractivity (Wildman–Crippen MR) is 179 cm³/mol. The van der Waals surface area contributed by atoms with Gasteiger partial charge in [0.05, 0.1) is 5.56 Å². The summed E-state index contributed by atoms with van der Waals surface area (Å²) >= 11 is 0. The van der Waals surface area contributed by atoms with Crippen molar-refractivity contribution in [3.8, 4) is 5.75 Å². The highest BCUT2D eigenvalue weighted by Crippen LogP contribution is 2.65. The van der Waals surface area contributed by atoms with Crippen LogP contribution < -0.4 is 0 Å². The van der Waals surface area contributed by atoms with Crippen LogP contribution in [0.15, 0.2) is 40.7 Å². The fourth-order valence-corrected chi connectivity index (χ4v) is 9.05. The number of phenolic OH excluding ortho intramolecular Hbond substituents is 1. The van der Waals surface area contributed by atoms with Gasteiger partial charge in [-0.15, -0.1) is 0 Å². The maximum atomic E-state index is 14.7. The molecule has 4 aliphatic carbocycles. The molecule has 0 aromatic heterocycles. The van der Waals surface area contributed by atoms with E-state index >= 15 is 0 Å². The summed E-state index contributed by atoms with van der Waals surface area (Å²) in [6, 6.07) is 2.00. The van der Waals surface area contributed by atoms with Crippen molar-refractivity contribution >= 4 is 28.7 Å². The van der Waals surface area contributed by atoms with Gasteiger partial charge in [-0.05, 0) is 79.0 Å². The summed E-state index contributed by atoms with van der Waals surface area (Å²) in [4.78, 5) is 41.1. The van der Waals surface area contributed by atoms with Gasteiger partial charge in [-0.1, -0.05) is 80.0 Å². The summed E-state index contributed by atoms with van der Waals surface area (Å²) in [5.41, 5.74) is -0.982. The van der Waals surface area contributed by atoms with Crippen molar-refractivity contribution in [2.75, 3.05) is 0 Å². The maximum Gasteiger partial charge on any atom is 0.203 e. The lowest BCUT2D eigenvalue weighted by atomic mass is 9.43. The topological polar surface area (TPSA) is 132 Å². The summed E-state index contributed by atoms with van der Waals surface area (Å²) in [6.45, 7) is 18.9. The number of hydrogen-bond donors (Lipinski definition) is 4. The first-order valence-corrected chi connectivity index (χ1v) is 16.6. The first-order valence-electron chi connectivity index (χ1n) is 16.6. The Morgan fingerprint density at radius 3 is 2.22 bits per heavy atom. The molecule has 7 heteroatoms. The molecular formula is C39H50O7. The van der Waals surface area contributed by atoms with E-state index in [2.05, 4.69) is 40.7 Å². The number of rotatable bonds is 6. The van der Waals surface area contributed by atoms with Crippen LogP contribution >= 0.6 is 0 Å². The minimum Gasteiger partial charge on any atom is -0.508 e. The monoisotopic (exact) mass is 630 g/mol. The third-order valence-corrected chi connectivity index (χ3v) is 11.1. The molecule has 46 heavy (non-hydrogen) atoms. The summed E-state index contributed by atoms with van der Waals surface area (Å²) < 4.78 is 0. The Hall–Kier alpha value is -3.45. The van der Waals surface area contributed by atoms with Gasteiger partial charge in [-0.2, -0.15) is 0 Å². The fourth-order valence-electron chi connectivity index (χ4n) is 9.05. The molecule has 1 saturated carbocycles. The third-order valence-electron chi connectivity index (χ3n) is 11.1. The van der Waals surface area contributed by atoms with Crippen LogP contribution in [-0.4, -0.2) is 43.4 Å². The van der Waals surface area contributed by atoms with Crippen molar-refractivity contribution in [1.29, 1.82) is 0 Å². The molecule has 1 aromatic rings. The lowest BCUT2D eigenvalue weighted by molar-refractivity contribution is -0.178. The molecule has 0 radical (unpaired) electrons. The molecule has 1 aromatic carbocycles. The van der Waals surface area contributed by atoms with E-state index in [-0.39, 0.29) is 47.0 Å². The Kier molecular flexibility index (Phi) is 7.96. The van der Waals surface area contributed by atoms with Crippen LogP contribution in [0.5, 0.6) is 5.75 Å². The SMILES string of the molecule is CC(=O)C1=C(O)[C@]2(O)C(=O)C3=C(O)c4c(O)c(C5=CC=C(CCC(C)(C)C)C5)cc(C(C)C)c4C[C@]3(C)C[C@]2(C)C(C(C)C)C1=O. The largest absolute Gasteiger partial charge is 0.508 e. The minimum absolute atomic E-state index is 0.0259. The van der Waals surface area contributed by atoms with Crippen molar-refractivity contribution in [2.45, 2.75) is 113 Å². The van der Waals surface area contributed by atoms with Crippen molar-refractivity contribution in [3.05, 3.63) is 63.0 Å². The summed E-state index contributed by atoms with van der Waals surface area (Å²) in [5.74, 6) is -5.04. The molecule has 0 aliphatic heterocycles. The van der Waals surface area contributed by atoms with E-state index in [0.717, 1.165) is 36.5 Å². The number of carbonyl (C=O) groups is 3. The van der Waals surface area contributed by atoms with Gasteiger partial charge >= 0.3 is 0 Å². The molecule has 0 bridgehead atoms. The molecule has 1 fully saturated rings. The highest BCUT2D eigenvalue weighted by Gasteiger charge is 2.72. The molecule has 4 atom stereocenters. The first kappa shape index (κ1) is 33.9. The highest BCUT2D eigenvalue weighted by atomic mass is 16.3. The summed E-state index contributed by atoms with van der Waals surface area (Å²) in [5, 5.41) is 47.7. The molecule has 7 nitrogen and oxygen atoms in total. The second-order valence-corrected chi connectivity index (χ2v) is 16.6. The lowest BCUT2D eigenvalue weighted by Crippen LogP contribution is -2.69. The molecule has 1 unspecified atom stereocenters. The molecule has 0 spiro atoms. The summed E-state index contributed by atoms with van der Waals surface area (Å²) in [7, 11) is 0. The first-order chi connectivity index (χ1) is 21.1. The van der Waals surface area contributed by atoms with E-state index in [4.69, 9.17) is 0 Å². The molecule has 0 amide bonds. The van der Waals surface area contributed by atoms with E-state index in [1.54, 1.807) is 20.8 Å². The normalized spacial score (nSPS) is 29.6. The van der Waals surface area contributed by atoms with Crippen LogP contribution in [0.3, 0.4) is 0 Å². The van der Waals surface area contributed by atoms with Gasteiger partial charge in [0, 0.05) is 27.9 Å². The number of aliphatic hydroxyl groups excluding tert-OH is 2. The van der Waals surface area contributed by atoms with Gasteiger partial charge in [0.25, 0.3) is 0 Å². The number of benzene rings is 1. The van der Waals surface area contributed by atoms with Crippen molar-refractivity contribution in [1.82, 2.24) is 0 Å². The number of allylic oxidation sites excluding steroid dienone is 5. The fraction of sp³-hybridized carbons (Fsp3) is 0.564. The molecule has 0 heterocycles. The van der Waals surface area contributed by atoms with Crippen LogP contribution in [0.25, 0.3) is 11.3 Å². The lowest BCUT2D eigenvalue weighted by Gasteiger charge is -2.60. The van der Waals surface area contributed by atoms with E-state index in [0.29, 0.717) is 12.0 Å². The van der Waals surface area contributed by atoms with Gasteiger partial charge in [0.1, 0.15) is 22.8 Å². The third kappa shape index (κ3) is 4.75. The van der Waals surface area contributed by atoms with E-state index in [1.165, 1.54) is 5.57 Å². The zero-order valence-corrected chi connectivity index (χ0v) is 29.0. The Morgan fingerprint density at radius 1 is 1.04 bits per heavy atom.